The third kappa shape index (κ3) is 2.87. The molecule has 0 saturated carbocycles. The van der Waals surface area contributed by atoms with Crippen molar-refractivity contribution in [2.75, 3.05) is 0 Å². The van der Waals surface area contributed by atoms with E-state index in [4.69, 9.17) is 5.73 Å². The van der Waals surface area contributed by atoms with E-state index in [0.717, 1.165) is 18.5 Å². The van der Waals surface area contributed by atoms with Gasteiger partial charge in [0.05, 0.1) is 11.9 Å². The van der Waals surface area contributed by atoms with E-state index in [2.05, 4.69) is 16.4 Å². The van der Waals surface area contributed by atoms with E-state index in [-0.39, 0.29) is 11.9 Å². The number of hydrogen-bond donors (Lipinski definition) is 1. The van der Waals surface area contributed by atoms with Crippen LogP contribution in [0.3, 0.4) is 0 Å². The van der Waals surface area contributed by atoms with Crippen LogP contribution < -0.4 is 5.73 Å². The molecule has 4 heteroatoms. The average molecular weight is 236 g/mol. The molecule has 2 rings (SSSR count). The Morgan fingerprint density at radius 1 is 1.38 bits per heavy atom. The van der Waals surface area contributed by atoms with E-state index in [9.17, 15) is 4.39 Å². The molecule has 0 bridgehead atoms. The molecule has 16 heavy (non-hydrogen) atoms. The SMILES string of the molecule is NC(CCc1cccs1)c1ccc(F)cn1. The minimum Gasteiger partial charge on any atom is -0.323 e. The van der Waals surface area contributed by atoms with Crippen LogP contribution in [0.15, 0.2) is 35.8 Å². The minimum atomic E-state index is -0.325. The van der Waals surface area contributed by atoms with Crippen LogP contribution in [0.4, 0.5) is 4.39 Å². The predicted octanol–water partition coefficient (Wildman–Crippen LogP) is 2.91. The lowest BCUT2D eigenvalue weighted by Gasteiger charge is -2.09. The molecule has 0 aliphatic heterocycles. The number of nitrogens with two attached hydrogens (primary N) is 1. The van der Waals surface area contributed by atoms with E-state index in [1.54, 1.807) is 17.4 Å². The van der Waals surface area contributed by atoms with E-state index in [0.29, 0.717) is 0 Å². The molecule has 1 atom stereocenters. The van der Waals surface area contributed by atoms with Crippen molar-refractivity contribution in [2.45, 2.75) is 18.9 Å². The van der Waals surface area contributed by atoms with E-state index >= 15 is 0 Å². The highest BCUT2D eigenvalue weighted by Gasteiger charge is 2.08. The molecule has 2 heterocycles. The summed E-state index contributed by atoms with van der Waals surface area (Å²) in [5.74, 6) is -0.325. The molecular weight excluding hydrogens is 223 g/mol. The molecule has 0 aliphatic carbocycles. The first-order valence-corrected chi connectivity index (χ1v) is 6.03. The Morgan fingerprint density at radius 3 is 2.88 bits per heavy atom. The molecule has 0 fully saturated rings. The summed E-state index contributed by atoms with van der Waals surface area (Å²) in [4.78, 5) is 5.30. The van der Waals surface area contributed by atoms with Gasteiger partial charge >= 0.3 is 0 Å². The van der Waals surface area contributed by atoms with Gasteiger partial charge in [-0.2, -0.15) is 0 Å². The lowest BCUT2D eigenvalue weighted by Crippen LogP contribution is -2.12. The van der Waals surface area contributed by atoms with Crippen LogP contribution in [0.1, 0.15) is 23.0 Å². The van der Waals surface area contributed by atoms with Gasteiger partial charge in [0.2, 0.25) is 0 Å². The van der Waals surface area contributed by atoms with Crippen molar-refractivity contribution in [3.05, 3.63) is 52.2 Å². The Bertz CT molecular complexity index is 425. The summed E-state index contributed by atoms with van der Waals surface area (Å²) in [6.45, 7) is 0. The Morgan fingerprint density at radius 2 is 2.25 bits per heavy atom. The average Bonchev–Trinajstić information content (AvgIpc) is 2.80. The molecule has 0 spiro atoms. The lowest BCUT2D eigenvalue weighted by atomic mass is 10.1. The molecular formula is C12H13FN2S. The number of pyridine rings is 1. The first-order chi connectivity index (χ1) is 7.75. The first-order valence-electron chi connectivity index (χ1n) is 5.15. The van der Waals surface area contributed by atoms with E-state index < -0.39 is 0 Å². The second-order valence-corrected chi connectivity index (χ2v) is 4.66. The molecule has 84 valence electrons. The topological polar surface area (TPSA) is 38.9 Å². The Balaban J connectivity index is 1.93. The van der Waals surface area contributed by atoms with Gasteiger partial charge in [0.1, 0.15) is 5.82 Å². The number of aromatic nitrogens is 1. The van der Waals surface area contributed by atoms with Crippen molar-refractivity contribution in [1.29, 1.82) is 0 Å². The normalized spacial score (nSPS) is 12.6. The lowest BCUT2D eigenvalue weighted by molar-refractivity contribution is 0.602. The predicted molar refractivity (Wildman–Crippen MR) is 63.8 cm³/mol. The number of hydrogen-bond acceptors (Lipinski definition) is 3. The van der Waals surface area contributed by atoms with Gasteiger partial charge in [-0.15, -0.1) is 11.3 Å². The zero-order chi connectivity index (χ0) is 11.4. The quantitative estimate of drug-likeness (QED) is 0.886. The van der Waals surface area contributed by atoms with Crippen molar-refractivity contribution in [1.82, 2.24) is 4.98 Å². The highest BCUT2D eigenvalue weighted by Crippen LogP contribution is 2.17. The van der Waals surface area contributed by atoms with Crippen LogP contribution in [-0.4, -0.2) is 4.98 Å². The third-order valence-corrected chi connectivity index (χ3v) is 3.35. The van der Waals surface area contributed by atoms with Crippen LogP contribution in [0.5, 0.6) is 0 Å². The minimum absolute atomic E-state index is 0.123. The van der Waals surface area contributed by atoms with Crippen LogP contribution in [-0.2, 0) is 6.42 Å². The van der Waals surface area contributed by atoms with Crippen molar-refractivity contribution in [2.24, 2.45) is 5.73 Å². The molecule has 0 aromatic carbocycles. The van der Waals surface area contributed by atoms with Crippen LogP contribution >= 0.6 is 11.3 Å². The Kier molecular flexibility index (Phi) is 3.64. The molecule has 0 aliphatic rings. The summed E-state index contributed by atoms with van der Waals surface area (Å²) < 4.78 is 12.7. The standard InChI is InChI=1S/C12H13FN2S/c13-9-3-6-12(15-8-9)11(14)5-4-10-2-1-7-16-10/h1-3,6-8,11H,4-5,14H2. The molecule has 0 amide bonds. The maximum atomic E-state index is 12.7. The number of halogens is 1. The number of rotatable bonds is 4. The zero-order valence-electron chi connectivity index (χ0n) is 8.77. The molecule has 2 aromatic heterocycles. The van der Waals surface area contributed by atoms with Gasteiger partial charge in [-0.3, -0.25) is 4.98 Å². The second-order valence-electron chi connectivity index (χ2n) is 3.63. The summed E-state index contributed by atoms with van der Waals surface area (Å²) >= 11 is 1.73. The van der Waals surface area contributed by atoms with Gasteiger partial charge in [-0.1, -0.05) is 6.07 Å². The molecule has 0 radical (unpaired) electrons. The summed E-state index contributed by atoms with van der Waals surface area (Å²) in [7, 11) is 0. The van der Waals surface area contributed by atoms with Gasteiger partial charge in [0.25, 0.3) is 0 Å². The highest BCUT2D eigenvalue weighted by atomic mass is 32.1. The van der Waals surface area contributed by atoms with Gasteiger partial charge in [-0.25, -0.2) is 4.39 Å². The van der Waals surface area contributed by atoms with Crippen molar-refractivity contribution in [3.8, 4) is 0 Å². The Hall–Kier alpha value is -1.26. The van der Waals surface area contributed by atoms with E-state index in [1.165, 1.54) is 17.1 Å². The second kappa shape index (κ2) is 5.18. The van der Waals surface area contributed by atoms with Gasteiger partial charge < -0.3 is 5.73 Å². The van der Waals surface area contributed by atoms with Crippen molar-refractivity contribution >= 4 is 11.3 Å². The fraction of sp³-hybridized carbons (Fsp3) is 0.250. The largest absolute Gasteiger partial charge is 0.323 e. The summed E-state index contributed by atoms with van der Waals surface area (Å²) in [5.41, 5.74) is 6.73. The van der Waals surface area contributed by atoms with Crippen molar-refractivity contribution in [3.63, 3.8) is 0 Å². The summed E-state index contributed by atoms with van der Waals surface area (Å²) in [5, 5.41) is 2.05. The number of nitrogens with zero attached hydrogens (tertiary/aromatic N) is 1. The molecule has 2 aromatic rings. The van der Waals surface area contributed by atoms with Crippen LogP contribution in [0.2, 0.25) is 0 Å². The maximum absolute atomic E-state index is 12.7. The van der Waals surface area contributed by atoms with E-state index in [1.807, 2.05) is 6.07 Å². The van der Waals surface area contributed by atoms with Crippen molar-refractivity contribution < 1.29 is 4.39 Å². The fourth-order valence-electron chi connectivity index (χ4n) is 1.51. The Labute approximate surface area is 97.9 Å². The molecule has 1 unspecified atom stereocenters. The monoisotopic (exact) mass is 236 g/mol. The fourth-order valence-corrected chi connectivity index (χ4v) is 2.23. The highest BCUT2D eigenvalue weighted by molar-refractivity contribution is 7.09. The van der Waals surface area contributed by atoms with Crippen LogP contribution in [0, 0.1) is 5.82 Å². The van der Waals surface area contributed by atoms with Gasteiger partial charge in [0.15, 0.2) is 0 Å². The number of thiophene rings is 1. The van der Waals surface area contributed by atoms with Gasteiger partial charge in [-0.05, 0) is 36.4 Å². The smallest absolute Gasteiger partial charge is 0.141 e. The summed E-state index contributed by atoms with van der Waals surface area (Å²) in [6.07, 6.45) is 2.98. The third-order valence-electron chi connectivity index (χ3n) is 2.41. The van der Waals surface area contributed by atoms with Crippen LogP contribution in [0.25, 0.3) is 0 Å². The number of aryl methyl sites for hydroxylation is 1. The first kappa shape index (κ1) is 11.2. The van der Waals surface area contributed by atoms with Gasteiger partial charge in [0, 0.05) is 10.9 Å². The molecule has 2 N–H and O–H groups in total. The molecule has 2 nitrogen and oxygen atoms in total. The maximum Gasteiger partial charge on any atom is 0.141 e. The zero-order valence-corrected chi connectivity index (χ0v) is 9.58. The molecule has 0 saturated heterocycles. The summed E-state index contributed by atoms with van der Waals surface area (Å²) in [6, 6.07) is 7.04.